The Morgan fingerprint density at radius 3 is 3.04 bits per heavy atom. The number of benzene rings is 1. The summed E-state index contributed by atoms with van der Waals surface area (Å²) in [4.78, 5) is 37.6. The van der Waals surface area contributed by atoms with Crippen LogP contribution in [0.5, 0.6) is 5.75 Å². The lowest BCUT2D eigenvalue weighted by Crippen LogP contribution is -2.43. The Balaban J connectivity index is 1.74. The summed E-state index contributed by atoms with van der Waals surface area (Å²) in [7, 11) is 0. The smallest absolute Gasteiger partial charge is 0.362 e. The van der Waals surface area contributed by atoms with Crippen LogP contribution in [-0.2, 0) is 14.3 Å². The minimum atomic E-state index is -0.672. The third-order valence-corrected chi connectivity index (χ3v) is 4.51. The number of amides is 2. The average Bonchev–Trinajstić information content (AvgIpc) is 3.05. The molecule has 1 aromatic heterocycles. The molecule has 0 spiro atoms. The molecular weight excluding hydrogens is 428 g/mol. The molecule has 9 nitrogen and oxygen atoms in total. The molecule has 136 valence electrons. The second-order valence-electron chi connectivity index (χ2n) is 5.10. The maximum atomic E-state index is 12.4. The third-order valence-electron chi connectivity index (χ3n) is 3.38. The largest absolute Gasteiger partial charge is 0.482 e. The van der Waals surface area contributed by atoms with Gasteiger partial charge in [-0.15, -0.1) is 5.10 Å². The fraction of sp³-hybridized carbons (Fsp3) is 0.267. The summed E-state index contributed by atoms with van der Waals surface area (Å²) >= 11 is 4.19. The molecule has 0 unspecified atom stereocenters. The standard InChI is InChI=1S/C15H13BrN4O5S/c1-2-24-15(23)13-14(26-19-18-13)17-11(21)6-20-9-4-3-8(16)5-10(9)25-7-12(20)22/h3-5H,2,6-7H2,1H3,(H,17,21). The van der Waals surface area contributed by atoms with E-state index >= 15 is 0 Å². The number of ether oxygens (including phenoxy) is 2. The molecule has 26 heavy (non-hydrogen) atoms. The zero-order valence-electron chi connectivity index (χ0n) is 13.5. The molecule has 2 amide bonds. The van der Waals surface area contributed by atoms with Crippen LogP contribution in [0.15, 0.2) is 22.7 Å². The van der Waals surface area contributed by atoms with Crippen LogP contribution in [0.4, 0.5) is 10.7 Å². The molecule has 1 aromatic carbocycles. The summed E-state index contributed by atoms with van der Waals surface area (Å²) < 4.78 is 14.7. The van der Waals surface area contributed by atoms with Crippen molar-refractivity contribution in [3.63, 3.8) is 0 Å². The summed E-state index contributed by atoms with van der Waals surface area (Å²) in [6.45, 7) is 1.44. The molecule has 0 bridgehead atoms. The van der Waals surface area contributed by atoms with Gasteiger partial charge in [-0.25, -0.2) is 4.79 Å². The Kier molecular flexibility index (Phi) is 5.47. The van der Waals surface area contributed by atoms with Gasteiger partial charge in [-0.3, -0.25) is 14.5 Å². The predicted octanol–water partition coefficient (Wildman–Crippen LogP) is 1.84. The lowest BCUT2D eigenvalue weighted by atomic mass is 10.2. The lowest BCUT2D eigenvalue weighted by molar-refractivity contribution is -0.123. The molecule has 0 radical (unpaired) electrons. The minimum absolute atomic E-state index is 0.0668. The van der Waals surface area contributed by atoms with Crippen LogP contribution >= 0.6 is 27.5 Å². The van der Waals surface area contributed by atoms with Crippen molar-refractivity contribution in [3.05, 3.63) is 28.4 Å². The molecule has 1 aliphatic heterocycles. The highest BCUT2D eigenvalue weighted by atomic mass is 79.9. The maximum absolute atomic E-state index is 12.4. The Bertz CT molecular complexity index is 871. The SMILES string of the molecule is CCOC(=O)c1nnsc1NC(=O)CN1C(=O)COc2cc(Br)ccc21. The topological polar surface area (TPSA) is 111 Å². The number of anilines is 2. The van der Waals surface area contributed by atoms with Crippen LogP contribution in [-0.4, -0.2) is 47.1 Å². The van der Waals surface area contributed by atoms with Gasteiger partial charge in [0.2, 0.25) is 11.6 Å². The first-order valence-corrected chi connectivity index (χ1v) is 9.08. The zero-order valence-corrected chi connectivity index (χ0v) is 15.9. The first-order valence-electron chi connectivity index (χ1n) is 7.51. The van der Waals surface area contributed by atoms with Crippen molar-refractivity contribution in [1.29, 1.82) is 0 Å². The van der Waals surface area contributed by atoms with E-state index in [2.05, 4.69) is 30.8 Å². The molecule has 1 aliphatic rings. The zero-order chi connectivity index (χ0) is 18.7. The number of rotatable bonds is 5. The number of carbonyl (C=O) groups is 3. The minimum Gasteiger partial charge on any atom is -0.482 e. The van der Waals surface area contributed by atoms with Crippen molar-refractivity contribution in [2.75, 3.05) is 30.0 Å². The molecule has 0 atom stereocenters. The molecule has 0 aliphatic carbocycles. The molecule has 11 heteroatoms. The Morgan fingerprint density at radius 2 is 2.27 bits per heavy atom. The normalized spacial score (nSPS) is 13.0. The number of nitrogens with zero attached hydrogens (tertiary/aromatic N) is 3. The Morgan fingerprint density at radius 1 is 1.46 bits per heavy atom. The fourth-order valence-corrected chi connectivity index (χ4v) is 3.18. The first-order chi connectivity index (χ1) is 12.5. The summed E-state index contributed by atoms with van der Waals surface area (Å²) in [6.07, 6.45) is 0. The van der Waals surface area contributed by atoms with Crippen molar-refractivity contribution in [1.82, 2.24) is 9.59 Å². The van der Waals surface area contributed by atoms with E-state index in [0.717, 1.165) is 16.0 Å². The van der Waals surface area contributed by atoms with Gasteiger partial charge in [0.1, 0.15) is 12.3 Å². The van der Waals surface area contributed by atoms with E-state index in [0.29, 0.717) is 11.4 Å². The number of halogens is 1. The number of fused-ring (bicyclic) bond motifs is 1. The van der Waals surface area contributed by atoms with Gasteiger partial charge in [-0.05, 0) is 25.1 Å². The molecule has 3 rings (SSSR count). The average molecular weight is 441 g/mol. The van der Waals surface area contributed by atoms with Gasteiger partial charge in [-0.2, -0.15) is 0 Å². The third kappa shape index (κ3) is 3.83. The van der Waals surface area contributed by atoms with Gasteiger partial charge in [-0.1, -0.05) is 20.4 Å². The van der Waals surface area contributed by atoms with Gasteiger partial charge < -0.3 is 14.8 Å². The van der Waals surface area contributed by atoms with Crippen LogP contribution in [0, 0.1) is 0 Å². The summed E-state index contributed by atoms with van der Waals surface area (Å²) in [5, 5.41) is 6.39. The number of nitrogens with one attached hydrogen (secondary N) is 1. The second-order valence-corrected chi connectivity index (χ2v) is 6.77. The van der Waals surface area contributed by atoms with E-state index in [9.17, 15) is 14.4 Å². The van der Waals surface area contributed by atoms with Gasteiger partial charge in [0, 0.05) is 16.0 Å². The number of hydrogen-bond donors (Lipinski definition) is 1. The molecule has 2 heterocycles. The van der Waals surface area contributed by atoms with Crippen molar-refractivity contribution >= 4 is 55.9 Å². The molecule has 0 saturated carbocycles. The van der Waals surface area contributed by atoms with Crippen LogP contribution in [0.2, 0.25) is 0 Å². The van der Waals surface area contributed by atoms with E-state index < -0.39 is 11.9 Å². The number of hydrogen-bond acceptors (Lipinski definition) is 8. The highest BCUT2D eigenvalue weighted by molar-refractivity contribution is 9.10. The number of esters is 1. The molecule has 0 saturated heterocycles. The van der Waals surface area contributed by atoms with Crippen molar-refractivity contribution in [2.45, 2.75) is 6.92 Å². The number of carbonyl (C=O) groups excluding carboxylic acids is 3. The van der Waals surface area contributed by atoms with Gasteiger partial charge in [0.25, 0.3) is 5.91 Å². The van der Waals surface area contributed by atoms with Crippen molar-refractivity contribution in [2.24, 2.45) is 0 Å². The molecular formula is C15H13BrN4O5S. The van der Waals surface area contributed by atoms with Crippen molar-refractivity contribution < 1.29 is 23.9 Å². The lowest BCUT2D eigenvalue weighted by Gasteiger charge is -2.28. The second kappa shape index (κ2) is 7.79. The van der Waals surface area contributed by atoms with E-state index in [4.69, 9.17) is 9.47 Å². The molecule has 1 N–H and O–H groups in total. The van der Waals surface area contributed by atoms with Crippen LogP contribution in [0.3, 0.4) is 0 Å². The quantitative estimate of drug-likeness (QED) is 0.705. The van der Waals surface area contributed by atoms with Gasteiger partial charge in [0.15, 0.2) is 11.6 Å². The molecule has 0 fully saturated rings. The van der Waals surface area contributed by atoms with E-state index in [-0.39, 0.29) is 36.4 Å². The monoisotopic (exact) mass is 440 g/mol. The van der Waals surface area contributed by atoms with E-state index in [1.807, 2.05) is 0 Å². The highest BCUT2D eigenvalue weighted by Gasteiger charge is 2.28. The summed E-state index contributed by atoms with van der Waals surface area (Å²) in [5.41, 5.74) is 0.426. The first kappa shape index (κ1) is 18.3. The summed E-state index contributed by atoms with van der Waals surface area (Å²) in [5.74, 6) is -1.01. The van der Waals surface area contributed by atoms with Crippen LogP contribution in [0.25, 0.3) is 0 Å². The number of aromatic nitrogens is 2. The maximum Gasteiger partial charge on any atom is 0.362 e. The van der Waals surface area contributed by atoms with Gasteiger partial charge >= 0.3 is 5.97 Å². The van der Waals surface area contributed by atoms with Crippen molar-refractivity contribution in [3.8, 4) is 5.75 Å². The predicted molar refractivity (Wildman–Crippen MR) is 96.5 cm³/mol. The van der Waals surface area contributed by atoms with Gasteiger partial charge in [0.05, 0.1) is 12.3 Å². The van der Waals surface area contributed by atoms with Crippen LogP contribution in [0.1, 0.15) is 17.4 Å². The van der Waals surface area contributed by atoms with Crippen LogP contribution < -0.4 is 15.0 Å². The fourth-order valence-electron chi connectivity index (χ4n) is 2.27. The summed E-state index contributed by atoms with van der Waals surface area (Å²) in [6, 6.07) is 5.15. The Labute approximate surface area is 160 Å². The highest BCUT2D eigenvalue weighted by Crippen LogP contribution is 2.34. The van der Waals surface area contributed by atoms with E-state index in [1.54, 1.807) is 25.1 Å². The molecule has 2 aromatic rings. The van der Waals surface area contributed by atoms with E-state index in [1.165, 1.54) is 4.90 Å². The Hall–Kier alpha value is -2.53.